The number of pyridine rings is 1. The summed E-state index contributed by atoms with van der Waals surface area (Å²) in [5, 5.41) is 0. The quantitative estimate of drug-likeness (QED) is 0.854. The minimum atomic E-state index is -3.46. The molecule has 1 aliphatic heterocycles. The van der Waals surface area contributed by atoms with E-state index in [1.54, 1.807) is 22.6 Å². The Kier molecular flexibility index (Phi) is 5.28. The van der Waals surface area contributed by atoms with E-state index in [1.807, 2.05) is 18.2 Å². The van der Waals surface area contributed by atoms with Gasteiger partial charge in [-0.2, -0.15) is 4.31 Å². The van der Waals surface area contributed by atoms with E-state index in [0.717, 1.165) is 19.5 Å². The molecule has 0 N–H and O–H groups in total. The van der Waals surface area contributed by atoms with Crippen LogP contribution < -0.4 is 0 Å². The number of hydrogen-bond acceptors (Lipinski definition) is 4. The first kappa shape index (κ1) is 17.1. The average Bonchev–Trinajstić information content (AvgIpc) is 2.79. The Morgan fingerprint density at radius 2 is 1.88 bits per heavy atom. The fraction of sp³-hybridized carbons (Fsp3) is 0.389. The summed E-state index contributed by atoms with van der Waals surface area (Å²) in [7, 11) is -3.46. The van der Waals surface area contributed by atoms with Gasteiger partial charge in [0.2, 0.25) is 10.0 Å². The van der Waals surface area contributed by atoms with Crippen LogP contribution in [0.15, 0.2) is 59.8 Å². The molecule has 1 atom stereocenters. The van der Waals surface area contributed by atoms with Gasteiger partial charge in [-0.25, -0.2) is 8.42 Å². The van der Waals surface area contributed by atoms with Gasteiger partial charge in [0.05, 0.1) is 0 Å². The summed E-state index contributed by atoms with van der Waals surface area (Å²) in [4.78, 5) is 6.57. The smallest absolute Gasteiger partial charge is 0.244 e. The first-order chi connectivity index (χ1) is 11.6. The molecule has 2 heterocycles. The highest BCUT2D eigenvalue weighted by Crippen LogP contribution is 2.20. The molecule has 0 spiro atoms. The van der Waals surface area contributed by atoms with Gasteiger partial charge in [0, 0.05) is 44.6 Å². The Balaban J connectivity index is 1.72. The van der Waals surface area contributed by atoms with Gasteiger partial charge in [-0.3, -0.25) is 9.88 Å². The normalized spacial score (nSPS) is 20.6. The van der Waals surface area contributed by atoms with Crippen LogP contribution >= 0.6 is 0 Å². The number of nitrogens with zero attached hydrogens (tertiary/aromatic N) is 3. The van der Waals surface area contributed by atoms with Gasteiger partial charge in [-0.1, -0.05) is 30.3 Å². The number of benzene rings is 1. The van der Waals surface area contributed by atoms with E-state index in [0.29, 0.717) is 19.1 Å². The zero-order valence-electron chi connectivity index (χ0n) is 13.9. The van der Waals surface area contributed by atoms with Crippen molar-refractivity contribution in [2.24, 2.45) is 0 Å². The summed E-state index contributed by atoms with van der Waals surface area (Å²) >= 11 is 0. The van der Waals surface area contributed by atoms with Gasteiger partial charge < -0.3 is 0 Å². The molecule has 1 aliphatic rings. The summed E-state index contributed by atoms with van der Waals surface area (Å²) in [5.41, 5.74) is 1.26. The van der Waals surface area contributed by atoms with Crippen LogP contribution in [-0.2, 0) is 16.6 Å². The van der Waals surface area contributed by atoms with Crippen LogP contribution in [0.2, 0.25) is 0 Å². The molecule has 0 saturated carbocycles. The molecule has 5 nitrogen and oxygen atoms in total. The molecule has 0 amide bonds. The van der Waals surface area contributed by atoms with E-state index in [4.69, 9.17) is 0 Å². The van der Waals surface area contributed by atoms with Crippen molar-refractivity contribution in [1.82, 2.24) is 14.2 Å². The van der Waals surface area contributed by atoms with E-state index < -0.39 is 10.0 Å². The molecule has 128 valence electrons. The highest BCUT2D eigenvalue weighted by molar-refractivity contribution is 7.89. The molecular weight excluding hydrogens is 322 g/mol. The van der Waals surface area contributed by atoms with Crippen molar-refractivity contribution in [2.45, 2.75) is 30.8 Å². The SMILES string of the molecule is C[C@H]1CCN(S(=O)(=O)c2cccnc2)CCN1Cc1ccccc1. The van der Waals surface area contributed by atoms with Crippen molar-refractivity contribution in [1.29, 1.82) is 0 Å². The molecule has 0 aliphatic carbocycles. The van der Waals surface area contributed by atoms with Crippen LogP contribution in [0.1, 0.15) is 18.9 Å². The summed E-state index contributed by atoms with van der Waals surface area (Å²) in [6, 6.07) is 13.9. The van der Waals surface area contributed by atoms with Crippen molar-refractivity contribution >= 4 is 10.0 Å². The largest absolute Gasteiger partial charge is 0.295 e. The van der Waals surface area contributed by atoms with Crippen LogP contribution in [0.3, 0.4) is 0 Å². The van der Waals surface area contributed by atoms with Crippen LogP contribution in [0.4, 0.5) is 0 Å². The van der Waals surface area contributed by atoms with Gasteiger partial charge in [0.1, 0.15) is 4.90 Å². The third-order valence-corrected chi connectivity index (χ3v) is 6.44. The zero-order chi connectivity index (χ0) is 17.0. The van der Waals surface area contributed by atoms with E-state index in [9.17, 15) is 8.42 Å². The van der Waals surface area contributed by atoms with Gasteiger partial charge in [-0.15, -0.1) is 0 Å². The molecule has 1 saturated heterocycles. The fourth-order valence-corrected chi connectivity index (χ4v) is 4.44. The standard InChI is InChI=1S/C18H23N3O2S/c1-16-9-11-21(24(22,23)18-8-5-10-19-14-18)13-12-20(16)15-17-6-3-2-4-7-17/h2-8,10,14,16H,9,11-13,15H2,1H3/t16-/m0/s1. The fourth-order valence-electron chi connectivity index (χ4n) is 3.03. The van der Waals surface area contributed by atoms with Crippen molar-refractivity contribution in [3.63, 3.8) is 0 Å². The molecule has 1 fully saturated rings. The van der Waals surface area contributed by atoms with Crippen LogP contribution in [0, 0.1) is 0 Å². The monoisotopic (exact) mass is 345 g/mol. The maximum Gasteiger partial charge on any atom is 0.244 e. The third-order valence-electron chi connectivity index (χ3n) is 4.56. The second-order valence-electron chi connectivity index (χ2n) is 6.19. The lowest BCUT2D eigenvalue weighted by Crippen LogP contribution is -2.36. The van der Waals surface area contributed by atoms with Crippen LogP contribution in [0.25, 0.3) is 0 Å². The Morgan fingerprint density at radius 3 is 2.58 bits per heavy atom. The van der Waals surface area contributed by atoms with Crippen molar-refractivity contribution in [2.75, 3.05) is 19.6 Å². The number of hydrogen-bond donors (Lipinski definition) is 0. The molecule has 0 unspecified atom stereocenters. The second kappa shape index (κ2) is 7.42. The molecular formula is C18H23N3O2S. The highest BCUT2D eigenvalue weighted by Gasteiger charge is 2.29. The molecule has 3 rings (SSSR count). The van der Waals surface area contributed by atoms with E-state index >= 15 is 0 Å². The van der Waals surface area contributed by atoms with Crippen molar-refractivity contribution in [3.05, 3.63) is 60.4 Å². The Labute approximate surface area is 144 Å². The lowest BCUT2D eigenvalue weighted by Gasteiger charge is -2.26. The van der Waals surface area contributed by atoms with E-state index in [-0.39, 0.29) is 4.90 Å². The third kappa shape index (κ3) is 3.83. The molecule has 2 aromatic rings. The minimum absolute atomic E-state index is 0.272. The van der Waals surface area contributed by atoms with Crippen molar-refractivity contribution in [3.8, 4) is 0 Å². The maximum absolute atomic E-state index is 12.8. The predicted octanol–water partition coefficient (Wildman–Crippen LogP) is 2.37. The summed E-state index contributed by atoms with van der Waals surface area (Å²) in [5.74, 6) is 0. The second-order valence-corrected chi connectivity index (χ2v) is 8.12. The van der Waals surface area contributed by atoms with E-state index in [1.165, 1.54) is 11.8 Å². The average molecular weight is 345 g/mol. The lowest BCUT2D eigenvalue weighted by atomic mass is 10.1. The molecule has 0 bridgehead atoms. The summed E-state index contributed by atoms with van der Waals surface area (Å²) in [6.07, 6.45) is 3.84. The van der Waals surface area contributed by atoms with Crippen LogP contribution in [-0.4, -0.2) is 48.3 Å². The first-order valence-corrected chi connectivity index (χ1v) is 9.69. The lowest BCUT2D eigenvalue weighted by molar-refractivity contribution is 0.210. The van der Waals surface area contributed by atoms with Gasteiger partial charge in [-0.05, 0) is 31.0 Å². The zero-order valence-corrected chi connectivity index (χ0v) is 14.7. The van der Waals surface area contributed by atoms with Gasteiger partial charge in [0.15, 0.2) is 0 Å². The van der Waals surface area contributed by atoms with Gasteiger partial charge in [0.25, 0.3) is 0 Å². The van der Waals surface area contributed by atoms with Crippen LogP contribution in [0.5, 0.6) is 0 Å². The number of aromatic nitrogens is 1. The number of rotatable bonds is 4. The summed E-state index contributed by atoms with van der Waals surface area (Å²) in [6.45, 7) is 4.81. The Bertz CT molecular complexity index is 750. The Hall–Kier alpha value is -1.76. The van der Waals surface area contributed by atoms with Crippen molar-refractivity contribution < 1.29 is 8.42 Å². The minimum Gasteiger partial charge on any atom is -0.295 e. The van der Waals surface area contributed by atoms with E-state index in [2.05, 4.69) is 28.9 Å². The molecule has 1 aromatic carbocycles. The molecule has 24 heavy (non-hydrogen) atoms. The van der Waals surface area contributed by atoms with Gasteiger partial charge >= 0.3 is 0 Å². The maximum atomic E-state index is 12.8. The highest BCUT2D eigenvalue weighted by atomic mass is 32.2. The Morgan fingerprint density at radius 1 is 1.08 bits per heavy atom. The first-order valence-electron chi connectivity index (χ1n) is 8.25. The molecule has 1 aromatic heterocycles. The number of sulfonamides is 1. The summed E-state index contributed by atoms with van der Waals surface area (Å²) < 4.78 is 27.1. The topological polar surface area (TPSA) is 53.5 Å². The molecule has 6 heteroatoms. The predicted molar refractivity (Wildman–Crippen MR) is 93.9 cm³/mol. The molecule has 0 radical (unpaired) electrons.